The molecular formula is C11H19NO4S. The number of ether oxygens (including phenoxy) is 1. The topological polar surface area (TPSA) is 75.6 Å². The minimum Gasteiger partial charge on any atom is -0.383 e. The maximum Gasteiger partial charge on any atom is 0.294 e. The van der Waals surface area contributed by atoms with Crippen LogP contribution in [0, 0.1) is 6.92 Å². The van der Waals surface area contributed by atoms with Crippen molar-refractivity contribution >= 4 is 10.1 Å². The first-order valence-corrected chi connectivity index (χ1v) is 6.53. The molecule has 6 heteroatoms. The van der Waals surface area contributed by atoms with E-state index in [0.717, 1.165) is 18.7 Å². The van der Waals surface area contributed by atoms with Crippen LogP contribution in [0.25, 0.3) is 0 Å². The third-order valence-corrected chi connectivity index (χ3v) is 2.74. The van der Waals surface area contributed by atoms with Gasteiger partial charge in [-0.2, -0.15) is 8.42 Å². The van der Waals surface area contributed by atoms with E-state index in [9.17, 15) is 8.42 Å². The maximum absolute atomic E-state index is 10.5. The fourth-order valence-electron chi connectivity index (χ4n) is 0.914. The van der Waals surface area contributed by atoms with Crippen molar-refractivity contribution in [2.24, 2.45) is 0 Å². The summed E-state index contributed by atoms with van der Waals surface area (Å²) >= 11 is 0. The van der Waals surface area contributed by atoms with Crippen molar-refractivity contribution in [1.82, 2.24) is 5.32 Å². The lowest BCUT2D eigenvalue weighted by Crippen LogP contribution is -2.12. The second kappa shape index (κ2) is 8.19. The molecule has 1 aromatic rings. The summed E-state index contributed by atoms with van der Waals surface area (Å²) in [6.45, 7) is 3.58. The van der Waals surface area contributed by atoms with Gasteiger partial charge in [-0.05, 0) is 26.1 Å². The summed E-state index contributed by atoms with van der Waals surface area (Å²) in [5.41, 5.74) is 0.956. The Morgan fingerprint density at radius 3 is 2.12 bits per heavy atom. The lowest BCUT2D eigenvalue weighted by Gasteiger charge is -1.95. The van der Waals surface area contributed by atoms with Crippen LogP contribution in [0.3, 0.4) is 0 Å². The highest BCUT2D eigenvalue weighted by Gasteiger charge is 2.06. The van der Waals surface area contributed by atoms with Crippen molar-refractivity contribution in [3.05, 3.63) is 29.8 Å². The van der Waals surface area contributed by atoms with E-state index in [0.29, 0.717) is 0 Å². The lowest BCUT2D eigenvalue weighted by atomic mass is 10.2. The number of nitrogens with one attached hydrogen (secondary N) is 1. The van der Waals surface area contributed by atoms with Gasteiger partial charge in [0, 0.05) is 13.7 Å². The van der Waals surface area contributed by atoms with Crippen LogP contribution in [0.15, 0.2) is 29.2 Å². The minimum absolute atomic E-state index is 0.0666. The summed E-state index contributed by atoms with van der Waals surface area (Å²) in [7, 11) is -0.426. The summed E-state index contributed by atoms with van der Waals surface area (Å²) in [5, 5.41) is 2.94. The normalized spacial score (nSPS) is 10.6. The Morgan fingerprint density at radius 1 is 1.29 bits per heavy atom. The van der Waals surface area contributed by atoms with E-state index in [1.807, 2.05) is 14.0 Å². The van der Waals surface area contributed by atoms with E-state index in [4.69, 9.17) is 9.29 Å². The largest absolute Gasteiger partial charge is 0.383 e. The highest BCUT2D eigenvalue weighted by Crippen LogP contribution is 2.08. The zero-order chi connectivity index (χ0) is 13.3. The zero-order valence-electron chi connectivity index (χ0n) is 10.3. The van der Waals surface area contributed by atoms with Crippen molar-refractivity contribution in [3.63, 3.8) is 0 Å². The number of hydrogen-bond donors (Lipinski definition) is 2. The summed E-state index contributed by atoms with van der Waals surface area (Å²) in [4.78, 5) is -0.0666. The van der Waals surface area contributed by atoms with Gasteiger partial charge in [0.2, 0.25) is 0 Å². The molecule has 0 saturated heterocycles. The number of benzene rings is 1. The molecule has 0 fully saturated rings. The Morgan fingerprint density at radius 2 is 1.82 bits per heavy atom. The first kappa shape index (κ1) is 16.1. The molecule has 98 valence electrons. The monoisotopic (exact) mass is 261 g/mol. The van der Waals surface area contributed by atoms with Crippen molar-refractivity contribution in [3.8, 4) is 0 Å². The van der Waals surface area contributed by atoms with Crippen molar-refractivity contribution < 1.29 is 17.7 Å². The third kappa shape index (κ3) is 7.87. The molecule has 0 aliphatic rings. The Balaban J connectivity index is 0.000000366. The number of methoxy groups -OCH3 is 1. The van der Waals surface area contributed by atoms with Crippen LogP contribution in [0.5, 0.6) is 0 Å². The molecule has 17 heavy (non-hydrogen) atoms. The van der Waals surface area contributed by atoms with Crippen LogP contribution in [-0.4, -0.2) is 40.3 Å². The number of aryl methyl sites for hydroxylation is 1. The third-order valence-electron chi connectivity index (χ3n) is 1.88. The molecule has 0 bridgehead atoms. The van der Waals surface area contributed by atoms with Crippen LogP contribution in [-0.2, 0) is 14.9 Å². The van der Waals surface area contributed by atoms with E-state index in [1.165, 1.54) is 12.1 Å². The Hall–Kier alpha value is -0.950. The number of likely N-dealkylation sites (N-methyl/N-ethyl adjacent to an activating group) is 1. The van der Waals surface area contributed by atoms with Gasteiger partial charge in [0.05, 0.1) is 11.5 Å². The molecule has 1 rings (SSSR count). The second-order valence-corrected chi connectivity index (χ2v) is 4.81. The molecule has 0 amide bonds. The first-order valence-electron chi connectivity index (χ1n) is 5.09. The highest BCUT2D eigenvalue weighted by molar-refractivity contribution is 7.85. The van der Waals surface area contributed by atoms with Gasteiger partial charge in [-0.25, -0.2) is 0 Å². The molecule has 0 radical (unpaired) electrons. The smallest absolute Gasteiger partial charge is 0.294 e. The van der Waals surface area contributed by atoms with Gasteiger partial charge in [0.15, 0.2) is 0 Å². The van der Waals surface area contributed by atoms with Crippen molar-refractivity contribution in [1.29, 1.82) is 0 Å². The molecule has 0 aliphatic carbocycles. The summed E-state index contributed by atoms with van der Waals surface area (Å²) in [6.07, 6.45) is 0. The molecule has 0 atom stereocenters. The predicted octanol–water partition coefficient (Wildman–Crippen LogP) is 1.09. The predicted molar refractivity (Wildman–Crippen MR) is 66.8 cm³/mol. The molecule has 5 nitrogen and oxygen atoms in total. The maximum atomic E-state index is 10.5. The van der Waals surface area contributed by atoms with E-state index in [-0.39, 0.29) is 4.90 Å². The number of hydrogen-bond acceptors (Lipinski definition) is 4. The summed E-state index contributed by atoms with van der Waals surface area (Å²) < 4.78 is 34.3. The van der Waals surface area contributed by atoms with Gasteiger partial charge in [-0.3, -0.25) is 4.55 Å². The second-order valence-electron chi connectivity index (χ2n) is 3.38. The summed E-state index contributed by atoms with van der Waals surface area (Å²) in [6, 6.07) is 5.99. The molecule has 0 spiro atoms. The fourth-order valence-corrected chi connectivity index (χ4v) is 1.39. The van der Waals surface area contributed by atoms with Gasteiger partial charge >= 0.3 is 0 Å². The van der Waals surface area contributed by atoms with Crippen LogP contribution in [0.1, 0.15) is 5.56 Å². The average molecular weight is 261 g/mol. The van der Waals surface area contributed by atoms with Crippen molar-refractivity contribution in [2.75, 3.05) is 27.3 Å². The van der Waals surface area contributed by atoms with Gasteiger partial charge in [-0.15, -0.1) is 0 Å². The van der Waals surface area contributed by atoms with Gasteiger partial charge in [0.25, 0.3) is 10.1 Å². The Bertz CT molecular complexity index is 396. The van der Waals surface area contributed by atoms with E-state index in [1.54, 1.807) is 19.2 Å². The molecule has 0 aromatic heterocycles. The molecular weight excluding hydrogens is 242 g/mol. The van der Waals surface area contributed by atoms with Crippen molar-refractivity contribution in [2.45, 2.75) is 11.8 Å². The standard InChI is InChI=1S/C7H8O3S.C4H11NO/c1-6-2-4-7(5-3-6)11(8,9)10;1-5-3-4-6-2/h2-5H,1H3,(H,8,9,10);5H,3-4H2,1-2H3. The molecule has 0 aliphatic heterocycles. The number of rotatable bonds is 4. The zero-order valence-corrected chi connectivity index (χ0v) is 11.1. The van der Waals surface area contributed by atoms with Gasteiger partial charge < -0.3 is 10.1 Å². The van der Waals surface area contributed by atoms with Crippen LogP contribution >= 0.6 is 0 Å². The lowest BCUT2D eigenvalue weighted by molar-refractivity contribution is 0.201. The van der Waals surface area contributed by atoms with Crippen LogP contribution in [0.4, 0.5) is 0 Å². The molecule has 0 heterocycles. The van der Waals surface area contributed by atoms with E-state index >= 15 is 0 Å². The fraction of sp³-hybridized carbons (Fsp3) is 0.455. The Labute approximate surface area is 103 Å². The molecule has 0 unspecified atom stereocenters. The van der Waals surface area contributed by atoms with Gasteiger partial charge in [-0.1, -0.05) is 17.7 Å². The average Bonchev–Trinajstić information content (AvgIpc) is 2.26. The van der Waals surface area contributed by atoms with E-state index in [2.05, 4.69) is 5.32 Å². The van der Waals surface area contributed by atoms with Crippen LogP contribution < -0.4 is 5.32 Å². The minimum atomic E-state index is -4.02. The van der Waals surface area contributed by atoms with E-state index < -0.39 is 10.1 Å². The highest BCUT2D eigenvalue weighted by atomic mass is 32.2. The SMILES string of the molecule is CNCCOC.Cc1ccc(S(=O)(=O)O)cc1. The molecule has 2 N–H and O–H groups in total. The molecule has 0 saturated carbocycles. The molecule has 1 aromatic carbocycles. The van der Waals surface area contributed by atoms with Gasteiger partial charge in [0.1, 0.15) is 0 Å². The quantitative estimate of drug-likeness (QED) is 0.627. The Kier molecular flexibility index (Phi) is 7.73. The first-order chi connectivity index (χ1) is 7.91. The summed E-state index contributed by atoms with van der Waals surface area (Å²) in [5.74, 6) is 0. The van der Waals surface area contributed by atoms with Crippen LogP contribution in [0.2, 0.25) is 0 Å².